The summed E-state index contributed by atoms with van der Waals surface area (Å²) in [7, 11) is 0. The van der Waals surface area contributed by atoms with Crippen molar-refractivity contribution in [3.05, 3.63) is 34.6 Å². The molecule has 15 heavy (non-hydrogen) atoms. The molecule has 2 nitrogen and oxygen atoms in total. The molecule has 5 heteroatoms. The van der Waals surface area contributed by atoms with Crippen molar-refractivity contribution in [3.63, 3.8) is 0 Å². The van der Waals surface area contributed by atoms with Crippen molar-refractivity contribution >= 4 is 24.0 Å². The Hall–Kier alpha value is -0.350. The predicted octanol–water partition coefficient (Wildman–Crippen LogP) is 2.55. The van der Waals surface area contributed by atoms with E-state index in [1.807, 2.05) is 0 Å². The Morgan fingerprint density at radius 3 is 2.60 bits per heavy atom. The lowest BCUT2D eigenvalue weighted by Crippen LogP contribution is -2.37. The summed E-state index contributed by atoms with van der Waals surface area (Å²) in [5, 5.41) is 0.392. The van der Waals surface area contributed by atoms with Crippen molar-refractivity contribution in [2.75, 3.05) is 13.2 Å². The van der Waals surface area contributed by atoms with Crippen LogP contribution < -0.4 is 5.73 Å². The minimum atomic E-state index is -0.336. The molecule has 1 aromatic carbocycles. The van der Waals surface area contributed by atoms with Gasteiger partial charge in [0.1, 0.15) is 5.82 Å². The van der Waals surface area contributed by atoms with Gasteiger partial charge in [0.05, 0.1) is 13.2 Å². The van der Waals surface area contributed by atoms with Gasteiger partial charge in [-0.1, -0.05) is 17.7 Å². The van der Waals surface area contributed by atoms with Gasteiger partial charge < -0.3 is 10.5 Å². The predicted molar refractivity (Wildman–Crippen MR) is 59.9 cm³/mol. The summed E-state index contributed by atoms with van der Waals surface area (Å²) in [5.41, 5.74) is 6.40. The van der Waals surface area contributed by atoms with Crippen molar-refractivity contribution in [1.82, 2.24) is 0 Å². The number of hydrogen-bond acceptors (Lipinski definition) is 2. The summed E-state index contributed by atoms with van der Waals surface area (Å²) >= 11 is 5.64. The first-order chi connectivity index (χ1) is 6.68. The molecule has 0 radical (unpaired) electrons. The van der Waals surface area contributed by atoms with Crippen molar-refractivity contribution in [1.29, 1.82) is 0 Å². The monoisotopic (exact) mass is 251 g/mol. The van der Waals surface area contributed by atoms with Crippen LogP contribution >= 0.6 is 24.0 Å². The Morgan fingerprint density at radius 1 is 1.47 bits per heavy atom. The lowest BCUT2D eigenvalue weighted by molar-refractivity contribution is -0.0446. The number of hydrogen-bond donors (Lipinski definition) is 1. The molecule has 84 valence electrons. The van der Waals surface area contributed by atoms with Crippen LogP contribution in [0.1, 0.15) is 11.6 Å². The second-order valence-corrected chi connectivity index (χ2v) is 3.93. The highest BCUT2D eigenvalue weighted by molar-refractivity contribution is 6.30. The molecule has 0 saturated carbocycles. The lowest BCUT2D eigenvalue weighted by atomic mass is 9.92. The Morgan fingerprint density at radius 2 is 2.13 bits per heavy atom. The van der Waals surface area contributed by atoms with E-state index in [1.165, 1.54) is 6.07 Å². The second kappa shape index (κ2) is 5.12. The second-order valence-electron chi connectivity index (χ2n) is 3.49. The Labute approximate surface area is 99.0 Å². The van der Waals surface area contributed by atoms with Crippen LogP contribution in [0.15, 0.2) is 18.2 Å². The average molecular weight is 252 g/mol. The van der Waals surface area contributed by atoms with Gasteiger partial charge in [-0.25, -0.2) is 4.39 Å². The minimum absolute atomic E-state index is 0. The molecule has 1 heterocycles. The summed E-state index contributed by atoms with van der Waals surface area (Å²) in [6, 6.07) is 4.29. The van der Waals surface area contributed by atoms with E-state index in [4.69, 9.17) is 22.1 Å². The Balaban J connectivity index is 0.00000112. The highest BCUT2D eigenvalue weighted by atomic mass is 35.5. The van der Waals surface area contributed by atoms with Crippen LogP contribution in [0.3, 0.4) is 0 Å². The van der Waals surface area contributed by atoms with Gasteiger partial charge in [0.2, 0.25) is 0 Å². The molecule has 2 N–H and O–H groups in total. The third-order valence-corrected chi connectivity index (χ3v) is 2.73. The number of benzene rings is 1. The van der Waals surface area contributed by atoms with E-state index in [-0.39, 0.29) is 30.2 Å². The fraction of sp³-hybridized carbons (Fsp3) is 0.400. The van der Waals surface area contributed by atoms with Crippen LogP contribution in [0.2, 0.25) is 5.02 Å². The Bertz CT molecular complexity index is 344. The highest BCUT2D eigenvalue weighted by Gasteiger charge is 2.28. The van der Waals surface area contributed by atoms with Crippen molar-refractivity contribution in [3.8, 4) is 0 Å². The van der Waals surface area contributed by atoms with E-state index in [0.29, 0.717) is 23.8 Å². The van der Waals surface area contributed by atoms with Gasteiger partial charge in [-0.15, -0.1) is 12.4 Å². The summed E-state index contributed by atoms with van der Waals surface area (Å²) in [6.07, 6.45) is 0. The normalized spacial score (nSPS) is 17.8. The van der Waals surface area contributed by atoms with Crippen molar-refractivity contribution < 1.29 is 9.13 Å². The molecule has 0 spiro atoms. The highest BCUT2D eigenvalue weighted by Crippen LogP contribution is 2.28. The first-order valence-corrected chi connectivity index (χ1v) is 4.84. The van der Waals surface area contributed by atoms with Crippen LogP contribution in [0.4, 0.5) is 4.39 Å². The lowest BCUT2D eigenvalue weighted by Gasteiger charge is -2.31. The van der Waals surface area contributed by atoms with Crippen molar-refractivity contribution in [2.24, 2.45) is 11.7 Å². The van der Waals surface area contributed by atoms with Gasteiger partial charge in [0.25, 0.3) is 0 Å². The van der Waals surface area contributed by atoms with Gasteiger partial charge in [-0.05, 0) is 12.1 Å². The van der Waals surface area contributed by atoms with Crippen LogP contribution in [0, 0.1) is 11.7 Å². The first kappa shape index (κ1) is 12.7. The van der Waals surface area contributed by atoms with Crippen LogP contribution in [0.25, 0.3) is 0 Å². The maximum Gasteiger partial charge on any atom is 0.129 e. The molecule has 2 rings (SSSR count). The van der Waals surface area contributed by atoms with Crippen molar-refractivity contribution in [2.45, 2.75) is 6.04 Å². The molecule has 1 aliphatic rings. The summed E-state index contributed by atoms with van der Waals surface area (Å²) in [6.45, 7) is 1.23. The molecular formula is C10H12Cl2FNO. The quantitative estimate of drug-likeness (QED) is 0.877. The third-order valence-electron chi connectivity index (χ3n) is 2.49. The van der Waals surface area contributed by atoms with Crippen LogP contribution in [0.5, 0.6) is 0 Å². The van der Waals surface area contributed by atoms with E-state index in [2.05, 4.69) is 0 Å². The van der Waals surface area contributed by atoms with E-state index >= 15 is 0 Å². The maximum atomic E-state index is 13.4. The molecule has 1 saturated heterocycles. The van der Waals surface area contributed by atoms with Gasteiger partial charge in [-0.2, -0.15) is 0 Å². The Kier molecular flexibility index (Phi) is 4.34. The number of halogens is 3. The molecule has 0 amide bonds. The third kappa shape index (κ3) is 2.61. The SMILES string of the molecule is Cl.N[C@@H](c1ccc(Cl)cc1F)C1COC1. The standard InChI is InChI=1S/C10H11ClFNO.ClH/c11-7-1-2-8(9(12)3-7)10(13)6-4-14-5-6;/h1-3,6,10H,4-5,13H2;1H/t10-;/m1./s1. The number of ether oxygens (including phenoxy) is 1. The molecule has 0 aliphatic carbocycles. The maximum absolute atomic E-state index is 13.4. The van der Waals surface area contributed by atoms with E-state index in [1.54, 1.807) is 12.1 Å². The molecule has 0 bridgehead atoms. The van der Waals surface area contributed by atoms with Crippen LogP contribution in [-0.2, 0) is 4.74 Å². The zero-order valence-corrected chi connectivity index (χ0v) is 9.52. The average Bonchev–Trinajstić information content (AvgIpc) is 2.00. The largest absolute Gasteiger partial charge is 0.381 e. The molecule has 0 unspecified atom stereocenters. The fourth-order valence-electron chi connectivity index (χ4n) is 1.49. The van der Waals surface area contributed by atoms with Crippen LogP contribution in [-0.4, -0.2) is 13.2 Å². The summed E-state index contributed by atoms with van der Waals surface area (Å²) in [4.78, 5) is 0. The topological polar surface area (TPSA) is 35.2 Å². The fourth-order valence-corrected chi connectivity index (χ4v) is 1.65. The van der Waals surface area contributed by atoms with E-state index < -0.39 is 0 Å². The van der Waals surface area contributed by atoms with Gasteiger partial charge in [0.15, 0.2) is 0 Å². The van der Waals surface area contributed by atoms with E-state index in [0.717, 1.165) is 0 Å². The number of nitrogens with two attached hydrogens (primary N) is 1. The molecule has 1 atom stereocenters. The molecule has 1 fully saturated rings. The smallest absolute Gasteiger partial charge is 0.129 e. The van der Waals surface area contributed by atoms with Gasteiger partial charge >= 0.3 is 0 Å². The van der Waals surface area contributed by atoms with Gasteiger partial charge in [0, 0.05) is 22.5 Å². The molecule has 0 aromatic heterocycles. The minimum Gasteiger partial charge on any atom is -0.381 e. The zero-order valence-electron chi connectivity index (χ0n) is 7.95. The summed E-state index contributed by atoms with van der Waals surface area (Å²) in [5.74, 6) is -0.109. The molecular weight excluding hydrogens is 240 g/mol. The van der Waals surface area contributed by atoms with Gasteiger partial charge in [-0.3, -0.25) is 0 Å². The number of rotatable bonds is 2. The summed E-state index contributed by atoms with van der Waals surface area (Å²) < 4.78 is 18.4. The first-order valence-electron chi connectivity index (χ1n) is 4.47. The molecule has 1 aliphatic heterocycles. The zero-order chi connectivity index (χ0) is 10.1. The molecule has 1 aromatic rings. The van der Waals surface area contributed by atoms with E-state index in [9.17, 15) is 4.39 Å².